The van der Waals surface area contributed by atoms with Crippen LogP contribution in [0.25, 0.3) is 0 Å². The monoisotopic (exact) mass is 177 g/mol. The van der Waals surface area contributed by atoms with Crippen molar-refractivity contribution < 1.29 is 4.79 Å². The third-order valence-electron chi connectivity index (χ3n) is 2.18. The molecule has 0 atom stereocenters. The highest BCUT2D eigenvalue weighted by molar-refractivity contribution is 5.96. The zero-order valence-electron chi connectivity index (χ0n) is 8.42. The van der Waals surface area contributed by atoms with Gasteiger partial charge in [0.2, 0.25) is 0 Å². The van der Waals surface area contributed by atoms with Gasteiger partial charge < -0.3 is 0 Å². The van der Waals surface area contributed by atoms with Crippen LogP contribution in [0.3, 0.4) is 0 Å². The fourth-order valence-corrected chi connectivity index (χ4v) is 1.54. The van der Waals surface area contributed by atoms with E-state index >= 15 is 0 Å². The van der Waals surface area contributed by atoms with Crippen molar-refractivity contribution in [3.8, 4) is 0 Å². The first-order chi connectivity index (χ1) is 6.20. The number of aryl methyl sites for hydroxylation is 2. The molecule has 0 fully saturated rings. The molecule has 13 heavy (non-hydrogen) atoms. The Labute approximate surface area is 79.0 Å². The summed E-state index contributed by atoms with van der Waals surface area (Å²) in [5.74, 6) is 0.127. The van der Waals surface area contributed by atoms with Crippen molar-refractivity contribution in [2.75, 3.05) is 0 Å². The molecule has 0 saturated carbocycles. The van der Waals surface area contributed by atoms with Gasteiger partial charge in [-0.25, -0.2) is 0 Å². The Kier molecular flexibility index (Phi) is 3.18. The zero-order chi connectivity index (χ0) is 9.84. The summed E-state index contributed by atoms with van der Waals surface area (Å²) < 4.78 is 0. The minimum absolute atomic E-state index is 0.127. The van der Waals surface area contributed by atoms with Crippen LogP contribution in [0.2, 0.25) is 0 Å². The highest BCUT2D eigenvalue weighted by Gasteiger charge is 2.10. The molecule has 0 aliphatic heterocycles. The summed E-state index contributed by atoms with van der Waals surface area (Å²) in [5.41, 5.74) is 2.86. The highest BCUT2D eigenvalue weighted by Crippen LogP contribution is 2.14. The number of pyridine rings is 1. The van der Waals surface area contributed by atoms with Crippen LogP contribution in [0.4, 0.5) is 0 Å². The van der Waals surface area contributed by atoms with Crippen molar-refractivity contribution in [2.45, 2.75) is 33.6 Å². The van der Waals surface area contributed by atoms with Gasteiger partial charge in [-0.15, -0.1) is 0 Å². The fourth-order valence-electron chi connectivity index (χ4n) is 1.54. The Morgan fingerprint density at radius 1 is 1.38 bits per heavy atom. The number of ketones is 1. The molecule has 0 amide bonds. The van der Waals surface area contributed by atoms with Crippen molar-refractivity contribution in [1.29, 1.82) is 0 Å². The Bertz CT molecular complexity index is 296. The third kappa shape index (κ3) is 1.94. The lowest BCUT2D eigenvalue weighted by molar-refractivity contribution is 0.101. The van der Waals surface area contributed by atoms with E-state index in [1.807, 2.05) is 13.0 Å². The molecule has 0 radical (unpaired) electrons. The molecule has 0 bridgehead atoms. The van der Waals surface area contributed by atoms with E-state index in [1.54, 1.807) is 13.1 Å². The molecule has 1 aromatic rings. The number of carbonyl (C=O) groups excluding carboxylic acids is 1. The van der Waals surface area contributed by atoms with Crippen LogP contribution in [0.15, 0.2) is 12.3 Å². The maximum Gasteiger partial charge on any atom is 0.161 e. The second-order valence-corrected chi connectivity index (χ2v) is 3.06. The van der Waals surface area contributed by atoms with E-state index in [1.165, 1.54) is 0 Å². The second-order valence-electron chi connectivity index (χ2n) is 3.06. The van der Waals surface area contributed by atoms with E-state index in [2.05, 4.69) is 11.9 Å². The topological polar surface area (TPSA) is 30.0 Å². The summed E-state index contributed by atoms with van der Waals surface area (Å²) in [7, 11) is 0. The standard InChI is InChI=1S/C11H15NO/c1-4-9-6-7-12-10(5-2)11(9)8(3)13/h6-7H,4-5H2,1-3H3. The highest BCUT2D eigenvalue weighted by atomic mass is 16.1. The number of rotatable bonds is 3. The lowest BCUT2D eigenvalue weighted by atomic mass is 10.00. The molecule has 1 heterocycles. The maximum absolute atomic E-state index is 11.4. The van der Waals surface area contributed by atoms with E-state index in [0.717, 1.165) is 29.7 Å². The molecule has 1 aromatic heterocycles. The van der Waals surface area contributed by atoms with Gasteiger partial charge in [-0.05, 0) is 31.4 Å². The van der Waals surface area contributed by atoms with Crippen molar-refractivity contribution in [3.63, 3.8) is 0 Å². The number of hydrogen-bond acceptors (Lipinski definition) is 2. The van der Waals surface area contributed by atoms with Crippen molar-refractivity contribution in [1.82, 2.24) is 4.98 Å². The molecule has 0 spiro atoms. The average Bonchev–Trinajstić information content (AvgIpc) is 2.16. The van der Waals surface area contributed by atoms with Gasteiger partial charge in [0.15, 0.2) is 5.78 Å². The molecule has 0 aliphatic rings. The Morgan fingerprint density at radius 3 is 2.54 bits per heavy atom. The van der Waals surface area contributed by atoms with E-state index in [0.29, 0.717) is 0 Å². The van der Waals surface area contributed by atoms with Crippen molar-refractivity contribution in [3.05, 3.63) is 29.1 Å². The lowest BCUT2D eigenvalue weighted by Crippen LogP contribution is -2.05. The fraction of sp³-hybridized carbons (Fsp3) is 0.455. The predicted molar refractivity (Wildman–Crippen MR) is 53.0 cm³/mol. The summed E-state index contributed by atoms with van der Waals surface area (Å²) in [6.45, 7) is 5.69. The predicted octanol–water partition coefficient (Wildman–Crippen LogP) is 2.41. The van der Waals surface area contributed by atoms with Gasteiger partial charge in [0, 0.05) is 11.8 Å². The number of nitrogens with zero attached hydrogens (tertiary/aromatic N) is 1. The van der Waals surface area contributed by atoms with Gasteiger partial charge in [-0.2, -0.15) is 0 Å². The minimum atomic E-state index is 0.127. The zero-order valence-corrected chi connectivity index (χ0v) is 8.42. The summed E-state index contributed by atoms with van der Waals surface area (Å²) in [6.07, 6.45) is 3.50. The van der Waals surface area contributed by atoms with Crippen LogP contribution in [0.5, 0.6) is 0 Å². The summed E-state index contributed by atoms with van der Waals surface area (Å²) in [5, 5.41) is 0. The quantitative estimate of drug-likeness (QED) is 0.663. The van der Waals surface area contributed by atoms with Gasteiger partial charge in [-0.3, -0.25) is 9.78 Å². The molecular weight excluding hydrogens is 162 g/mol. The molecule has 0 N–H and O–H groups in total. The van der Waals surface area contributed by atoms with E-state index in [-0.39, 0.29) is 5.78 Å². The molecule has 70 valence electrons. The number of aromatic nitrogens is 1. The van der Waals surface area contributed by atoms with E-state index < -0.39 is 0 Å². The van der Waals surface area contributed by atoms with Crippen LogP contribution >= 0.6 is 0 Å². The van der Waals surface area contributed by atoms with Crippen LogP contribution in [0.1, 0.15) is 42.4 Å². The average molecular weight is 177 g/mol. The Hall–Kier alpha value is -1.18. The van der Waals surface area contributed by atoms with Crippen LogP contribution in [0, 0.1) is 0 Å². The third-order valence-corrected chi connectivity index (χ3v) is 2.18. The summed E-state index contributed by atoms with van der Waals surface area (Å²) in [4.78, 5) is 15.6. The molecule has 0 aromatic carbocycles. The van der Waals surface area contributed by atoms with Crippen molar-refractivity contribution >= 4 is 5.78 Å². The molecule has 2 heteroatoms. The first-order valence-corrected chi connectivity index (χ1v) is 4.68. The van der Waals surface area contributed by atoms with Gasteiger partial charge in [0.1, 0.15) is 0 Å². The normalized spacial score (nSPS) is 10.1. The Balaban J connectivity index is 3.29. The minimum Gasteiger partial charge on any atom is -0.294 e. The van der Waals surface area contributed by atoms with E-state index in [9.17, 15) is 4.79 Å². The molecule has 0 saturated heterocycles. The van der Waals surface area contributed by atoms with Gasteiger partial charge in [-0.1, -0.05) is 13.8 Å². The van der Waals surface area contributed by atoms with Gasteiger partial charge >= 0.3 is 0 Å². The van der Waals surface area contributed by atoms with Crippen LogP contribution < -0.4 is 0 Å². The van der Waals surface area contributed by atoms with Gasteiger partial charge in [0.25, 0.3) is 0 Å². The first kappa shape index (κ1) is 9.90. The lowest BCUT2D eigenvalue weighted by Gasteiger charge is -2.08. The van der Waals surface area contributed by atoms with Crippen LogP contribution in [-0.2, 0) is 12.8 Å². The summed E-state index contributed by atoms with van der Waals surface area (Å²) in [6, 6.07) is 1.93. The number of hydrogen-bond donors (Lipinski definition) is 0. The smallest absolute Gasteiger partial charge is 0.161 e. The largest absolute Gasteiger partial charge is 0.294 e. The molecule has 1 rings (SSSR count). The number of Topliss-reactive ketones (excluding diaryl/α,β-unsaturated/α-hetero) is 1. The van der Waals surface area contributed by atoms with E-state index in [4.69, 9.17) is 0 Å². The molecule has 2 nitrogen and oxygen atoms in total. The van der Waals surface area contributed by atoms with Crippen molar-refractivity contribution in [2.24, 2.45) is 0 Å². The maximum atomic E-state index is 11.4. The molecular formula is C11H15NO. The summed E-state index contributed by atoms with van der Waals surface area (Å²) >= 11 is 0. The van der Waals surface area contributed by atoms with Gasteiger partial charge in [0.05, 0.1) is 5.69 Å². The number of carbonyl (C=O) groups is 1. The first-order valence-electron chi connectivity index (χ1n) is 4.68. The SMILES string of the molecule is CCc1ccnc(CC)c1C(C)=O. The second kappa shape index (κ2) is 4.17. The molecule has 0 aliphatic carbocycles. The Morgan fingerprint density at radius 2 is 2.08 bits per heavy atom. The van der Waals surface area contributed by atoms with Crippen LogP contribution in [-0.4, -0.2) is 10.8 Å². The molecule has 0 unspecified atom stereocenters.